The summed E-state index contributed by atoms with van der Waals surface area (Å²) in [7, 11) is 2.23. The molecular formula is C44H45N2S+. The van der Waals surface area contributed by atoms with E-state index in [1.54, 1.807) is 0 Å². The summed E-state index contributed by atoms with van der Waals surface area (Å²) in [5, 5.41) is 5.71. The number of benzene rings is 5. The van der Waals surface area contributed by atoms with Gasteiger partial charge in [0, 0.05) is 32.8 Å². The van der Waals surface area contributed by atoms with E-state index >= 15 is 0 Å². The SMILES string of the molecule is Cc1c(C2=[N+](C)C=CC3c4ccc(-n5c6ccccc6c6cccc(CC(C)(C)C)c65)cc4SC23)cc(C(C)(C)C)c2ccccc12. The Morgan fingerprint density at radius 3 is 2.21 bits per heavy atom. The summed E-state index contributed by atoms with van der Waals surface area (Å²) in [6, 6.07) is 34.5. The Labute approximate surface area is 283 Å². The molecule has 2 atom stereocenters. The highest BCUT2D eigenvalue weighted by Crippen LogP contribution is 2.50. The maximum absolute atomic E-state index is 2.53. The average molecular weight is 634 g/mol. The maximum Gasteiger partial charge on any atom is 0.203 e. The minimum Gasteiger partial charge on any atom is -0.309 e. The van der Waals surface area contributed by atoms with Crippen molar-refractivity contribution in [2.24, 2.45) is 5.41 Å². The minimum atomic E-state index is 0.0416. The van der Waals surface area contributed by atoms with E-state index in [-0.39, 0.29) is 10.8 Å². The van der Waals surface area contributed by atoms with Crippen LogP contribution in [0.4, 0.5) is 0 Å². The van der Waals surface area contributed by atoms with Gasteiger partial charge in [-0.2, -0.15) is 0 Å². The standard InChI is InChI=1S/C44H45N2S/c1-27-30-15-9-10-16-31(30)37(44(5,6)7)25-36(27)41-42-35(22-23-45(41)8)33-21-20-29(24-39(33)47-42)46-38-19-12-11-17-32(38)34-18-13-14-28(40(34)46)26-43(2,3)4/h9-25,35,42H,26H2,1-8H3/q+1. The Hall–Kier alpha value is -4.08. The third kappa shape index (κ3) is 4.89. The molecule has 8 rings (SSSR count). The Morgan fingerprint density at radius 1 is 0.766 bits per heavy atom. The quantitative estimate of drug-likeness (QED) is 0.176. The summed E-state index contributed by atoms with van der Waals surface area (Å²) in [5.74, 6) is 0.341. The molecule has 5 aromatic carbocycles. The Balaban J connectivity index is 1.28. The number of para-hydroxylation sites is 2. The first-order valence-corrected chi connectivity index (χ1v) is 17.9. The molecule has 2 aliphatic rings. The van der Waals surface area contributed by atoms with Crippen molar-refractivity contribution in [3.05, 3.63) is 131 Å². The summed E-state index contributed by atoms with van der Waals surface area (Å²) in [4.78, 5) is 1.39. The summed E-state index contributed by atoms with van der Waals surface area (Å²) in [6.07, 6.45) is 5.76. The highest BCUT2D eigenvalue weighted by Gasteiger charge is 2.43. The number of thioether (sulfide) groups is 1. The van der Waals surface area contributed by atoms with E-state index in [0.29, 0.717) is 11.2 Å². The molecule has 0 saturated heterocycles. The van der Waals surface area contributed by atoms with Crippen molar-refractivity contribution in [2.75, 3.05) is 7.05 Å². The first-order chi connectivity index (χ1) is 22.4. The molecule has 236 valence electrons. The van der Waals surface area contributed by atoms with Crippen molar-refractivity contribution >= 4 is 50.1 Å². The lowest BCUT2D eigenvalue weighted by atomic mass is 9.79. The van der Waals surface area contributed by atoms with Gasteiger partial charge in [0.1, 0.15) is 12.3 Å². The zero-order valence-electron chi connectivity index (χ0n) is 29.0. The lowest BCUT2D eigenvalue weighted by Gasteiger charge is -2.26. The number of aromatic nitrogens is 1. The van der Waals surface area contributed by atoms with Crippen LogP contribution in [0.3, 0.4) is 0 Å². The smallest absolute Gasteiger partial charge is 0.203 e. The number of nitrogens with zero attached hydrogens (tertiary/aromatic N) is 2. The van der Waals surface area contributed by atoms with Gasteiger partial charge in [0.15, 0.2) is 6.20 Å². The number of hydrogen-bond acceptors (Lipinski definition) is 1. The van der Waals surface area contributed by atoms with Crippen LogP contribution in [0.25, 0.3) is 38.3 Å². The van der Waals surface area contributed by atoms with E-state index in [0.717, 1.165) is 6.42 Å². The second-order valence-electron chi connectivity index (χ2n) is 15.9. The van der Waals surface area contributed by atoms with Crippen LogP contribution in [0.15, 0.2) is 108 Å². The molecule has 0 spiro atoms. The predicted octanol–water partition coefficient (Wildman–Crippen LogP) is 11.3. The molecule has 0 saturated carbocycles. The number of rotatable bonds is 3. The number of allylic oxidation sites excluding steroid dienone is 1. The largest absolute Gasteiger partial charge is 0.309 e. The Kier molecular flexibility index (Phi) is 6.90. The molecule has 0 amide bonds. The second-order valence-corrected chi connectivity index (χ2v) is 17.1. The fourth-order valence-corrected chi connectivity index (χ4v) is 9.76. The molecule has 2 aliphatic heterocycles. The molecule has 1 aromatic heterocycles. The third-order valence-corrected chi connectivity index (χ3v) is 11.6. The minimum absolute atomic E-state index is 0.0416. The first-order valence-electron chi connectivity index (χ1n) is 17.0. The molecule has 3 heteroatoms. The molecule has 0 bridgehead atoms. The highest BCUT2D eigenvalue weighted by atomic mass is 32.2. The van der Waals surface area contributed by atoms with Gasteiger partial charge in [0.2, 0.25) is 5.71 Å². The monoisotopic (exact) mass is 633 g/mol. The van der Waals surface area contributed by atoms with E-state index < -0.39 is 0 Å². The van der Waals surface area contributed by atoms with E-state index in [9.17, 15) is 0 Å². The van der Waals surface area contributed by atoms with E-state index in [4.69, 9.17) is 0 Å². The molecule has 0 aliphatic carbocycles. The molecule has 2 nitrogen and oxygen atoms in total. The van der Waals surface area contributed by atoms with Crippen LogP contribution in [-0.4, -0.2) is 27.2 Å². The molecule has 47 heavy (non-hydrogen) atoms. The summed E-state index contributed by atoms with van der Waals surface area (Å²) in [6.45, 7) is 16.4. The maximum atomic E-state index is 2.53. The van der Waals surface area contributed by atoms with Crippen LogP contribution in [-0.2, 0) is 11.8 Å². The molecule has 0 fully saturated rings. The van der Waals surface area contributed by atoms with Gasteiger partial charge in [-0.1, -0.05) is 108 Å². The molecule has 2 unspecified atom stereocenters. The fourth-order valence-electron chi connectivity index (χ4n) is 8.17. The lowest BCUT2D eigenvalue weighted by molar-refractivity contribution is -0.424. The van der Waals surface area contributed by atoms with Crippen LogP contribution in [0.5, 0.6) is 0 Å². The molecule has 3 heterocycles. The van der Waals surface area contributed by atoms with Crippen molar-refractivity contribution < 1.29 is 4.58 Å². The van der Waals surface area contributed by atoms with Crippen molar-refractivity contribution in [3.63, 3.8) is 0 Å². The average Bonchev–Trinajstić information content (AvgIpc) is 3.56. The van der Waals surface area contributed by atoms with Crippen molar-refractivity contribution in [2.45, 2.75) is 76.4 Å². The highest BCUT2D eigenvalue weighted by molar-refractivity contribution is 8.01. The van der Waals surface area contributed by atoms with Gasteiger partial charge < -0.3 is 4.57 Å². The van der Waals surface area contributed by atoms with Crippen LogP contribution in [0.1, 0.15) is 75.3 Å². The lowest BCUT2D eigenvalue weighted by Crippen LogP contribution is -2.32. The normalized spacial score (nSPS) is 18.0. The van der Waals surface area contributed by atoms with E-state index in [1.165, 1.54) is 76.7 Å². The van der Waals surface area contributed by atoms with Crippen molar-refractivity contribution in [3.8, 4) is 5.69 Å². The molecule has 6 aromatic rings. The summed E-state index contributed by atoms with van der Waals surface area (Å²) < 4.78 is 4.92. The molecular weight excluding hydrogens is 589 g/mol. The first kappa shape index (κ1) is 30.3. The molecule has 0 radical (unpaired) electrons. The number of aryl methyl sites for hydroxylation is 1. The zero-order chi connectivity index (χ0) is 32.8. The molecule has 0 N–H and O–H groups in total. The van der Waals surface area contributed by atoms with Crippen LogP contribution < -0.4 is 0 Å². The van der Waals surface area contributed by atoms with E-state index in [1.807, 2.05) is 11.8 Å². The topological polar surface area (TPSA) is 7.94 Å². The number of fused-ring (bicyclic) bond motifs is 7. The van der Waals surface area contributed by atoms with Gasteiger partial charge in [0.25, 0.3) is 0 Å². The second kappa shape index (κ2) is 10.7. The Morgan fingerprint density at radius 2 is 1.47 bits per heavy atom. The van der Waals surface area contributed by atoms with Gasteiger partial charge in [-0.25, -0.2) is 4.58 Å². The van der Waals surface area contributed by atoms with Gasteiger partial charge in [0.05, 0.1) is 11.0 Å². The predicted molar refractivity (Wildman–Crippen MR) is 203 cm³/mol. The van der Waals surface area contributed by atoms with Gasteiger partial charge >= 0.3 is 0 Å². The van der Waals surface area contributed by atoms with Crippen molar-refractivity contribution in [1.82, 2.24) is 4.57 Å². The van der Waals surface area contributed by atoms with Crippen LogP contribution in [0, 0.1) is 12.3 Å². The van der Waals surface area contributed by atoms with Crippen LogP contribution >= 0.6 is 11.8 Å². The third-order valence-electron chi connectivity index (χ3n) is 10.3. The fraction of sp³-hybridized carbons (Fsp3) is 0.295. The van der Waals surface area contributed by atoms with Gasteiger partial charge in [-0.05, 0) is 87.5 Å². The number of hydrogen-bond donors (Lipinski definition) is 0. The van der Waals surface area contributed by atoms with Crippen LogP contribution in [0.2, 0.25) is 0 Å². The Bertz CT molecular complexity index is 2300. The van der Waals surface area contributed by atoms with E-state index in [2.05, 4.69) is 168 Å². The van der Waals surface area contributed by atoms with Gasteiger partial charge in [-0.3, -0.25) is 0 Å². The summed E-state index contributed by atoms with van der Waals surface area (Å²) >= 11 is 2.05. The van der Waals surface area contributed by atoms with Crippen molar-refractivity contribution in [1.29, 1.82) is 0 Å². The summed E-state index contributed by atoms with van der Waals surface area (Å²) in [5.41, 5.74) is 12.5. The van der Waals surface area contributed by atoms with Gasteiger partial charge in [-0.15, -0.1) is 11.8 Å². The zero-order valence-corrected chi connectivity index (χ0v) is 29.8.